The minimum atomic E-state index is -0.133. The van der Waals surface area contributed by atoms with Crippen LogP contribution in [-0.4, -0.2) is 51.3 Å². The van der Waals surface area contributed by atoms with E-state index in [1.165, 1.54) is 11.3 Å². The molecular weight excluding hydrogens is 360 g/mol. The van der Waals surface area contributed by atoms with Gasteiger partial charge in [0.05, 0.1) is 11.6 Å². The van der Waals surface area contributed by atoms with E-state index >= 15 is 0 Å². The Morgan fingerprint density at radius 3 is 2.33 bits per heavy atom. The first kappa shape index (κ1) is 20.1. The molecule has 2 aromatic rings. The monoisotopic (exact) mass is 390 g/mol. The summed E-state index contributed by atoms with van der Waals surface area (Å²) in [6, 6.07) is 6.34. The molecule has 1 unspecified atom stereocenters. The van der Waals surface area contributed by atoms with Crippen molar-refractivity contribution >= 4 is 17.3 Å². The topological polar surface area (TPSA) is 50.1 Å². The van der Waals surface area contributed by atoms with Crippen LogP contribution in [0, 0.1) is 12.8 Å². The number of anilines is 1. The zero-order chi connectivity index (χ0) is 19.8. The normalized spacial score (nSPS) is 17.6. The SMILES string of the molecule is Cc1ccc(Cl)cc1N1CCN(C(c2nnnn2C(C)(C)C)C(C)C)CC1. The van der Waals surface area contributed by atoms with Crippen molar-refractivity contribution in [2.45, 2.75) is 53.1 Å². The summed E-state index contributed by atoms with van der Waals surface area (Å²) in [6.45, 7) is 17.0. The Hall–Kier alpha value is -1.66. The van der Waals surface area contributed by atoms with E-state index in [9.17, 15) is 0 Å². The molecule has 1 aromatic carbocycles. The van der Waals surface area contributed by atoms with Crippen LogP contribution in [0.4, 0.5) is 5.69 Å². The molecule has 0 saturated carbocycles. The van der Waals surface area contributed by atoms with Crippen molar-refractivity contribution < 1.29 is 0 Å². The van der Waals surface area contributed by atoms with E-state index in [0.717, 1.165) is 37.0 Å². The minimum absolute atomic E-state index is 0.133. The zero-order valence-electron chi connectivity index (χ0n) is 17.3. The van der Waals surface area contributed by atoms with Gasteiger partial charge in [0.25, 0.3) is 0 Å². The smallest absolute Gasteiger partial charge is 0.169 e. The molecule has 7 heteroatoms. The van der Waals surface area contributed by atoms with Gasteiger partial charge < -0.3 is 4.90 Å². The van der Waals surface area contributed by atoms with E-state index in [1.54, 1.807) is 0 Å². The largest absolute Gasteiger partial charge is 0.369 e. The first-order valence-electron chi connectivity index (χ1n) is 9.72. The van der Waals surface area contributed by atoms with Crippen LogP contribution in [0.1, 0.15) is 52.0 Å². The average Bonchev–Trinajstić information content (AvgIpc) is 3.07. The number of rotatable bonds is 4. The van der Waals surface area contributed by atoms with Crippen LogP contribution >= 0.6 is 11.6 Å². The summed E-state index contributed by atoms with van der Waals surface area (Å²) in [6.07, 6.45) is 0. The van der Waals surface area contributed by atoms with Crippen molar-refractivity contribution in [1.82, 2.24) is 25.1 Å². The quantitative estimate of drug-likeness (QED) is 0.792. The van der Waals surface area contributed by atoms with E-state index in [4.69, 9.17) is 11.6 Å². The molecule has 0 N–H and O–H groups in total. The Balaban J connectivity index is 1.79. The predicted molar refractivity (Wildman–Crippen MR) is 110 cm³/mol. The molecule has 0 radical (unpaired) electrons. The number of halogens is 1. The van der Waals surface area contributed by atoms with Gasteiger partial charge in [-0.3, -0.25) is 4.90 Å². The Bertz CT molecular complexity index is 771. The summed E-state index contributed by atoms with van der Waals surface area (Å²) in [7, 11) is 0. The maximum atomic E-state index is 6.22. The molecule has 3 rings (SSSR count). The lowest BCUT2D eigenvalue weighted by Gasteiger charge is -2.42. The standard InChI is InChI=1S/C20H31ClN6/c1-14(2)18(19-22-23-24-27(19)20(4,5)6)26-11-9-25(10-12-26)17-13-16(21)8-7-15(17)3/h7-8,13-14,18H,9-12H2,1-6H3. The molecule has 1 fully saturated rings. The average molecular weight is 391 g/mol. The van der Waals surface area contributed by atoms with Gasteiger partial charge in [-0.1, -0.05) is 31.5 Å². The maximum absolute atomic E-state index is 6.22. The summed E-state index contributed by atoms with van der Waals surface area (Å²) in [5.41, 5.74) is 2.37. The summed E-state index contributed by atoms with van der Waals surface area (Å²) in [5.74, 6) is 1.39. The number of tetrazole rings is 1. The van der Waals surface area contributed by atoms with Crippen LogP contribution < -0.4 is 4.90 Å². The van der Waals surface area contributed by atoms with Crippen molar-refractivity contribution in [3.8, 4) is 0 Å². The Labute approximate surface area is 167 Å². The molecule has 1 atom stereocenters. The van der Waals surface area contributed by atoms with Crippen LogP contribution in [0.3, 0.4) is 0 Å². The highest BCUT2D eigenvalue weighted by Crippen LogP contribution is 2.32. The van der Waals surface area contributed by atoms with Gasteiger partial charge in [-0.2, -0.15) is 0 Å². The van der Waals surface area contributed by atoms with Crippen molar-refractivity contribution in [3.05, 3.63) is 34.6 Å². The van der Waals surface area contributed by atoms with Crippen LogP contribution in [0.25, 0.3) is 0 Å². The number of hydrogen-bond donors (Lipinski definition) is 0. The molecule has 0 amide bonds. The number of hydrogen-bond acceptors (Lipinski definition) is 5. The van der Waals surface area contributed by atoms with E-state index in [-0.39, 0.29) is 11.6 Å². The van der Waals surface area contributed by atoms with Gasteiger partial charge in [-0.15, -0.1) is 5.10 Å². The van der Waals surface area contributed by atoms with Gasteiger partial charge in [-0.25, -0.2) is 4.68 Å². The number of aryl methyl sites for hydroxylation is 1. The zero-order valence-corrected chi connectivity index (χ0v) is 18.0. The highest BCUT2D eigenvalue weighted by molar-refractivity contribution is 6.30. The van der Waals surface area contributed by atoms with Gasteiger partial charge in [0.15, 0.2) is 5.82 Å². The molecule has 148 valence electrons. The third-order valence-electron chi connectivity index (χ3n) is 5.24. The summed E-state index contributed by atoms with van der Waals surface area (Å²) < 4.78 is 1.98. The maximum Gasteiger partial charge on any atom is 0.169 e. The van der Waals surface area contributed by atoms with Crippen LogP contribution in [-0.2, 0) is 5.54 Å². The van der Waals surface area contributed by atoms with Crippen molar-refractivity contribution in [2.75, 3.05) is 31.1 Å². The summed E-state index contributed by atoms with van der Waals surface area (Å²) >= 11 is 6.22. The Morgan fingerprint density at radius 1 is 1.07 bits per heavy atom. The fourth-order valence-electron chi connectivity index (χ4n) is 3.90. The van der Waals surface area contributed by atoms with Crippen molar-refractivity contribution in [3.63, 3.8) is 0 Å². The van der Waals surface area contributed by atoms with Crippen molar-refractivity contribution in [2.24, 2.45) is 5.92 Å². The molecule has 0 bridgehead atoms. The highest BCUT2D eigenvalue weighted by Gasteiger charge is 2.34. The molecule has 2 heterocycles. The second kappa shape index (κ2) is 7.76. The molecule has 1 aromatic heterocycles. The Kier molecular flexibility index (Phi) is 5.77. The molecule has 0 spiro atoms. The van der Waals surface area contributed by atoms with E-state index < -0.39 is 0 Å². The van der Waals surface area contributed by atoms with E-state index in [0.29, 0.717) is 5.92 Å². The second-order valence-corrected chi connectivity index (χ2v) is 9.20. The first-order valence-corrected chi connectivity index (χ1v) is 10.1. The lowest BCUT2D eigenvalue weighted by molar-refractivity contribution is 0.128. The first-order chi connectivity index (χ1) is 12.7. The number of piperazine rings is 1. The van der Waals surface area contributed by atoms with Crippen molar-refractivity contribution in [1.29, 1.82) is 0 Å². The van der Waals surface area contributed by atoms with Gasteiger partial charge in [0.1, 0.15) is 0 Å². The summed E-state index contributed by atoms with van der Waals surface area (Å²) in [4.78, 5) is 4.96. The molecule has 6 nitrogen and oxygen atoms in total. The van der Waals surface area contributed by atoms with Crippen LogP contribution in [0.15, 0.2) is 18.2 Å². The Morgan fingerprint density at radius 2 is 1.74 bits per heavy atom. The minimum Gasteiger partial charge on any atom is -0.369 e. The van der Waals surface area contributed by atoms with Gasteiger partial charge in [-0.05, 0) is 61.7 Å². The van der Waals surface area contributed by atoms with Gasteiger partial charge >= 0.3 is 0 Å². The van der Waals surface area contributed by atoms with E-state index in [2.05, 4.69) is 79.0 Å². The third-order valence-corrected chi connectivity index (χ3v) is 5.48. The molecule has 1 saturated heterocycles. The number of aromatic nitrogens is 4. The molecule has 1 aliphatic rings. The molecule has 0 aliphatic carbocycles. The van der Waals surface area contributed by atoms with Gasteiger partial charge in [0.2, 0.25) is 0 Å². The second-order valence-electron chi connectivity index (χ2n) is 8.76. The third kappa shape index (κ3) is 4.27. The van der Waals surface area contributed by atoms with Crippen LogP contribution in [0.2, 0.25) is 5.02 Å². The fraction of sp³-hybridized carbons (Fsp3) is 0.650. The molecule has 1 aliphatic heterocycles. The molecule has 27 heavy (non-hydrogen) atoms. The number of nitrogens with zero attached hydrogens (tertiary/aromatic N) is 6. The number of benzene rings is 1. The van der Waals surface area contributed by atoms with Crippen LogP contribution in [0.5, 0.6) is 0 Å². The predicted octanol–water partition coefficient (Wildman–Crippen LogP) is 3.91. The van der Waals surface area contributed by atoms with E-state index in [1.807, 2.05) is 10.7 Å². The lowest BCUT2D eigenvalue weighted by Crippen LogP contribution is -2.49. The summed E-state index contributed by atoms with van der Waals surface area (Å²) in [5, 5.41) is 13.5. The highest BCUT2D eigenvalue weighted by atomic mass is 35.5. The molecular formula is C20H31ClN6. The lowest BCUT2D eigenvalue weighted by atomic mass is 9.99. The van der Waals surface area contributed by atoms with Gasteiger partial charge in [0, 0.05) is 36.9 Å². The fourth-order valence-corrected chi connectivity index (χ4v) is 4.07.